The van der Waals surface area contributed by atoms with Crippen molar-refractivity contribution in [1.29, 1.82) is 0 Å². The summed E-state index contributed by atoms with van der Waals surface area (Å²) in [7, 11) is 1.44. The van der Waals surface area contributed by atoms with E-state index in [-0.39, 0.29) is 137 Å². The van der Waals surface area contributed by atoms with Gasteiger partial charge in [0.05, 0.1) is 119 Å². The zero-order valence-corrected chi connectivity index (χ0v) is 68.9. The van der Waals surface area contributed by atoms with E-state index in [1.165, 1.54) is 50.0 Å². The molecular formula is C89H104F4N22O12. The van der Waals surface area contributed by atoms with E-state index in [1.54, 1.807) is 46.0 Å². The van der Waals surface area contributed by atoms with E-state index >= 15 is 0 Å². The van der Waals surface area contributed by atoms with Crippen LogP contribution in [0.15, 0.2) is 95.3 Å². The van der Waals surface area contributed by atoms with Crippen LogP contribution in [-0.4, -0.2) is 240 Å². The maximum atomic E-state index is 14.3. The van der Waals surface area contributed by atoms with E-state index in [0.717, 1.165) is 159 Å². The number of para-hydroxylation sites is 2. The Bertz CT molecular complexity index is 6050. The largest absolute Gasteiger partial charge is 0.374 e. The second-order valence-corrected chi connectivity index (χ2v) is 34.4. The average molecular weight is 1750 g/mol. The number of likely N-dealkylation sites (N-methyl/N-ethyl adjacent to an activating group) is 1. The summed E-state index contributed by atoms with van der Waals surface area (Å²) in [5.74, 6) is 12.2. The van der Waals surface area contributed by atoms with Crippen molar-refractivity contribution in [1.82, 2.24) is 87.9 Å². The first-order valence-corrected chi connectivity index (χ1v) is 43.3. The van der Waals surface area contributed by atoms with Crippen LogP contribution < -0.4 is 37.1 Å². The Hall–Kier alpha value is -11.9. The minimum Gasteiger partial charge on any atom is -0.374 e. The van der Waals surface area contributed by atoms with Gasteiger partial charge in [0.15, 0.2) is 22.7 Å². The molecule has 127 heavy (non-hydrogen) atoms. The molecule has 10 aliphatic rings. The highest BCUT2D eigenvalue weighted by Gasteiger charge is 2.43. The molecule has 6 atom stereocenters. The predicted octanol–water partition coefficient (Wildman–Crippen LogP) is 9.57. The Kier molecular flexibility index (Phi) is 25.5. The number of ether oxygens (including phenoxy) is 4. The van der Waals surface area contributed by atoms with E-state index in [2.05, 4.69) is 89.6 Å². The van der Waals surface area contributed by atoms with Crippen LogP contribution in [0.3, 0.4) is 0 Å². The number of hydrogen-bond donors (Lipinski definition) is 5. The molecule has 20 rings (SSSR count). The number of H-pyrrole nitrogens is 2. The molecule has 5 N–H and O–H groups in total. The van der Waals surface area contributed by atoms with Crippen molar-refractivity contribution in [3.8, 4) is 23.7 Å². The monoisotopic (exact) mass is 1750 g/mol. The number of imidazole rings is 2. The number of amides is 6. The van der Waals surface area contributed by atoms with Gasteiger partial charge in [0.2, 0.25) is 17.7 Å². The Morgan fingerprint density at radius 2 is 1.01 bits per heavy atom. The number of carbonyl (C=O) groups is 6. The van der Waals surface area contributed by atoms with Crippen molar-refractivity contribution in [2.75, 3.05) is 106 Å². The molecule has 34 nitrogen and oxygen atoms in total. The first kappa shape index (κ1) is 87.1. The quantitative estimate of drug-likeness (QED) is 0.0269. The molecule has 2 saturated carbocycles. The normalized spacial score (nSPS) is 24.2. The van der Waals surface area contributed by atoms with Gasteiger partial charge in [-0.05, 0) is 151 Å². The summed E-state index contributed by atoms with van der Waals surface area (Å²) in [6.07, 6.45) is 17.5. The number of anilines is 4. The van der Waals surface area contributed by atoms with Crippen molar-refractivity contribution in [2.45, 2.75) is 204 Å². The average Bonchev–Trinajstić information content (AvgIpc) is 1.63. The smallest absolute Gasteiger partial charge is 0.327 e. The van der Waals surface area contributed by atoms with Gasteiger partial charge >= 0.3 is 11.4 Å². The predicted molar refractivity (Wildman–Crippen MR) is 460 cm³/mol. The second-order valence-electron chi connectivity index (χ2n) is 34.4. The first-order valence-electron chi connectivity index (χ1n) is 43.3. The lowest BCUT2D eigenvalue weighted by atomic mass is 9.85. The van der Waals surface area contributed by atoms with Crippen LogP contribution in [0.2, 0.25) is 0 Å². The zero-order chi connectivity index (χ0) is 85.8. The number of halogens is 4. The molecule has 16 heterocycles. The molecule has 8 saturated heterocycles. The summed E-state index contributed by atoms with van der Waals surface area (Å²) >= 11 is 0. The number of morpholine rings is 2. The van der Waals surface area contributed by atoms with Crippen LogP contribution in [0, 0.1) is 35.5 Å². The van der Waals surface area contributed by atoms with Gasteiger partial charge in [-0.2, -0.15) is 20.4 Å². The van der Waals surface area contributed by atoms with Gasteiger partial charge in [-0.1, -0.05) is 50.7 Å². The third-order valence-corrected chi connectivity index (χ3v) is 26.7. The standard InChI is InChI=1S/C44H49F2N11O6.C43H47F2N11O6.2CH4/c1-52-37(58)12-11-35(43(52)60)57-34-6-2-4-27(38(34)50-44(57)61)5-3-19-62-30-13-16-53(17-14-30)22-26-7-9-28(10-8-26)56-24-33(39(51-56)40(45)46)48-42(59)32-21-47-55-18-15-36(49-41(32)55)54-23-31-20-29(54)25-63-31;44-39(45)38-32(47-41(58)31-20-46-54-17-14-35(48-40(31)54)53-22-30-19-28(53)24-62-30)23-55(51-38)27-8-6-25(7-9-27)21-52-15-12-29(13-16-52)61-18-2-4-26-3-1-5-33-37(26)50-43(60)56(33)34-10-11-36(57)49-42(34)59;;/h2,4,6,15,18,21,24,26,28-31,35,40H,7-14,16-17,19-20,22-23,25H2,1H3,(H,48,59)(H,50,61);1,3,5,14,17,20,23,25,27-30,34,39H,6-13,15-16,18-19,21-22,24H2,(H,47,58)(H,50,60)(H,49,57,59);2*1H4/t26?,28?,29-,31-,35?;25?,27?,28-,30-,34?;;/m11../s1. The summed E-state index contributed by atoms with van der Waals surface area (Å²) in [4.78, 5) is 127. The first-order chi connectivity index (χ1) is 60.7. The third kappa shape index (κ3) is 18.0. The van der Waals surface area contributed by atoms with E-state index in [4.69, 9.17) is 28.9 Å². The third-order valence-electron chi connectivity index (χ3n) is 26.7. The molecular weight excluding hydrogens is 1650 g/mol. The molecule has 8 aromatic heterocycles. The molecule has 38 heteroatoms. The second kappa shape index (κ2) is 37.2. The summed E-state index contributed by atoms with van der Waals surface area (Å²) in [5.41, 5.74) is 2.79. The van der Waals surface area contributed by atoms with Crippen molar-refractivity contribution in [2.24, 2.45) is 11.8 Å². The number of rotatable bonds is 20. The van der Waals surface area contributed by atoms with Gasteiger partial charge in [-0.3, -0.25) is 57.5 Å². The number of benzene rings is 2. The number of carbonyl (C=O) groups excluding carboxylic acids is 6. The highest BCUT2D eigenvalue weighted by molar-refractivity contribution is 6.09. The maximum Gasteiger partial charge on any atom is 0.327 e. The number of nitrogens with one attached hydrogen (secondary N) is 5. The molecule has 0 spiro atoms. The Morgan fingerprint density at radius 1 is 0.559 bits per heavy atom. The van der Waals surface area contributed by atoms with E-state index in [1.807, 2.05) is 24.3 Å². The van der Waals surface area contributed by atoms with Gasteiger partial charge in [-0.15, -0.1) is 0 Å². The fraction of sp³-hybridized carbons (Fsp3) is 0.528. The van der Waals surface area contributed by atoms with Crippen LogP contribution in [0.1, 0.15) is 211 Å². The summed E-state index contributed by atoms with van der Waals surface area (Å²) in [6, 6.07) is 13.3. The minimum atomic E-state index is -2.86. The van der Waals surface area contributed by atoms with Gasteiger partial charge < -0.3 is 59.1 Å². The lowest BCUT2D eigenvalue weighted by Crippen LogP contribution is -2.45. The van der Waals surface area contributed by atoms with Gasteiger partial charge in [0.1, 0.15) is 48.1 Å². The van der Waals surface area contributed by atoms with Gasteiger partial charge in [-0.25, -0.2) is 46.1 Å². The van der Waals surface area contributed by atoms with Crippen molar-refractivity contribution in [3.05, 3.63) is 140 Å². The van der Waals surface area contributed by atoms with Crippen LogP contribution in [0.25, 0.3) is 33.4 Å². The number of aromatic nitrogens is 14. The van der Waals surface area contributed by atoms with Crippen molar-refractivity contribution >= 4 is 91.8 Å². The lowest BCUT2D eigenvalue weighted by Gasteiger charge is -2.36. The van der Waals surface area contributed by atoms with Crippen LogP contribution >= 0.6 is 0 Å². The Labute approximate surface area is 727 Å². The number of nitrogens with zero attached hydrogens (tertiary/aromatic N) is 17. The van der Waals surface area contributed by atoms with Crippen molar-refractivity contribution in [3.63, 3.8) is 0 Å². The van der Waals surface area contributed by atoms with E-state index in [9.17, 15) is 55.9 Å². The zero-order valence-electron chi connectivity index (χ0n) is 68.9. The molecule has 2 unspecified atom stereocenters. The van der Waals surface area contributed by atoms with Gasteiger partial charge in [0, 0.05) is 97.0 Å². The molecule has 670 valence electrons. The molecule has 0 radical (unpaired) electrons. The van der Waals surface area contributed by atoms with E-state index < -0.39 is 71.3 Å². The highest BCUT2D eigenvalue weighted by Crippen LogP contribution is 2.41. The molecule has 10 aromatic rings. The van der Waals surface area contributed by atoms with E-state index in [0.29, 0.717) is 69.5 Å². The Morgan fingerprint density at radius 3 is 1.43 bits per heavy atom. The lowest BCUT2D eigenvalue weighted by molar-refractivity contribution is -0.149. The summed E-state index contributed by atoms with van der Waals surface area (Å²) in [6.45, 7) is 8.79. The fourth-order valence-electron chi connectivity index (χ4n) is 20.0. The number of alkyl halides is 4. The number of hydrogen-bond acceptors (Lipinski definition) is 22. The molecule has 6 amide bonds. The fourth-order valence-corrected chi connectivity index (χ4v) is 20.0. The maximum absolute atomic E-state index is 14.3. The molecule has 2 aliphatic carbocycles. The SMILES string of the molecule is C.C.CN1C(=O)CCC(n2c(=O)[nH]c3c(C#CCOC4CCN(CC5CCC(n6cc(NC(=O)c7cnn8ccc(N9C[C@H]%10C[C@@H]9CO%10)nc78)c(C(F)F)n6)CC5)CC4)cccc32)C1=O.O=C1CCC(n2c(=O)[nH]c3c(C#CCOC4CCN(CC5CCC(n6cc(NC(=O)c7cnn8ccc(N9C[C@H]%10C[C@@H]9CO%10)nc78)c(C(F)F)n6)CC5)CC4)cccc32)C(=O)N1. The number of piperidine rings is 4. The molecule has 4 bridgehead atoms. The van der Waals surface area contributed by atoms with Crippen molar-refractivity contribution < 1.29 is 65.3 Å². The number of aromatic amines is 2. The molecule has 10 fully saturated rings. The number of likely N-dealkylation sites (tertiary alicyclic amines) is 3. The minimum absolute atomic E-state index is 0. The van der Waals surface area contributed by atoms with Crippen LogP contribution in [0.5, 0.6) is 0 Å². The van der Waals surface area contributed by atoms with Gasteiger partial charge in [0.25, 0.3) is 30.6 Å². The number of fused-ring (bicyclic) bond motifs is 8. The Balaban J connectivity index is 0.000000176. The van der Waals surface area contributed by atoms with Crippen LogP contribution in [-0.2, 0) is 38.1 Å². The molecule has 8 aliphatic heterocycles. The summed E-state index contributed by atoms with van der Waals surface area (Å²) < 4.78 is 89.9. The number of imide groups is 2. The van der Waals surface area contributed by atoms with Crippen LogP contribution in [0.4, 0.5) is 40.6 Å². The topological polar surface area (TPSA) is 363 Å². The molecule has 2 aromatic carbocycles. The highest BCUT2D eigenvalue weighted by atomic mass is 19.3. The summed E-state index contributed by atoms with van der Waals surface area (Å²) in [5, 5.41) is 24.8.